The van der Waals surface area contributed by atoms with Crippen LogP contribution in [0.15, 0.2) is 0 Å². The van der Waals surface area contributed by atoms with Gasteiger partial charge >= 0.3 is 0 Å². The molecule has 3 atom stereocenters. The van der Waals surface area contributed by atoms with Crippen molar-refractivity contribution in [1.29, 1.82) is 0 Å². The fourth-order valence-corrected chi connectivity index (χ4v) is 4.76. The lowest BCUT2D eigenvalue weighted by Crippen LogP contribution is -2.54. The lowest BCUT2D eigenvalue weighted by atomic mass is 9.90. The minimum absolute atomic E-state index is 0. The van der Waals surface area contributed by atoms with Crippen molar-refractivity contribution in [2.75, 3.05) is 31.9 Å². The van der Waals surface area contributed by atoms with E-state index in [1.165, 1.54) is 4.31 Å². The van der Waals surface area contributed by atoms with E-state index >= 15 is 0 Å². The number of carbonyl (C=O) groups excluding carboxylic acids is 1. The molecule has 0 aliphatic carbocycles. The molecule has 2 aliphatic rings. The summed E-state index contributed by atoms with van der Waals surface area (Å²) in [4.78, 5) is 14.7. The first-order valence-electron chi connectivity index (χ1n) is 8.37. The van der Waals surface area contributed by atoms with Crippen molar-refractivity contribution in [3.8, 4) is 0 Å². The van der Waals surface area contributed by atoms with Crippen LogP contribution in [0.3, 0.4) is 0 Å². The zero-order valence-electron chi connectivity index (χ0n) is 14.1. The molecule has 2 fully saturated rings. The van der Waals surface area contributed by atoms with Crippen LogP contribution >= 0.6 is 12.4 Å². The highest BCUT2D eigenvalue weighted by atomic mass is 35.5. The maximum absolute atomic E-state index is 12.8. The van der Waals surface area contributed by atoms with Crippen LogP contribution in [0.25, 0.3) is 0 Å². The maximum Gasteiger partial charge on any atom is 0.227 e. The van der Waals surface area contributed by atoms with E-state index in [-0.39, 0.29) is 36.0 Å². The first kappa shape index (κ1) is 20.7. The summed E-state index contributed by atoms with van der Waals surface area (Å²) in [5.41, 5.74) is 5.84. The Balaban J connectivity index is 0.00000264. The van der Waals surface area contributed by atoms with E-state index in [0.717, 1.165) is 32.2 Å². The van der Waals surface area contributed by atoms with Crippen molar-refractivity contribution in [2.45, 2.75) is 45.6 Å². The normalized spacial score (nSPS) is 29.9. The zero-order chi connectivity index (χ0) is 16.3. The Bertz CT molecular complexity index is 500. The number of carbonyl (C=O) groups is 1. The molecule has 1 amide bonds. The Kier molecular flexibility index (Phi) is 7.77. The van der Waals surface area contributed by atoms with Gasteiger partial charge in [0, 0.05) is 32.2 Å². The summed E-state index contributed by atoms with van der Waals surface area (Å²) in [6.07, 6.45) is 3.49. The standard InChI is InChI=1S/C15H29N3O3S.ClH/c1-3-22(20,21)17-7-4-5-13(11-17)15(19)18-8-6-12(2)9-14(18)10-16;/h12-14H,3-11,16H2,1-2H3;1H. The van der Waals surface area contributed by atoms with Gasteiger partial charge in [0.25, 0.3) is 0 Å². The molecule has 0 aromatic heterocycles. The second-order valence-corrected chi connectivity index (χ2v) is 8.91. The van der Waals surface area contributed by atoms with Crippen LogP contribution in [0.1, 0.15) is 39.5 Å². The highest BCUT2D eigenvalue weighted by Gasteiger charge is 2.37. The van der Waals surface area contributed by atoms with Crippen LogP contribution in [0.4, 0.5) is 0 Å². The smallest absolute Gasteiger partial charge is 0.227 e. The summed E-state index contributed by atoms with van der Waals surface area (Å²) in [5, 5.41) is 0. The highest BCUT2D eigenvalue weighted by Crippen LogP contribution is 2.27. The molecule has 2 heterocycles. The van der Waals surface area contributed by atoms with Gasteiger partial charge in [-0.3, -0.25) is 4.79 Å². The number of rotatable bonds is 4. The van der Waals surface area contributed by atoms with E-state index in [1.807, 2.05) is 4.90 Å². The molecule has 2 rings (SSSR count). The molecular formula is C15H30ClN3O3S. The molecule has 0 saturated carbocycles. The minimum Gasteiger partial charge on any atom is -0.338 e. The topological polar surface area (TPSA) is 83.7 Å². The summed E-state index contributed by atoms with van der Waals surface area (Å²) < 4.78 is 25.6. The molecule has 2 N–H and O–H groups in total. The number of sulfonamides is 1. The van der Waals surface area contributed by atoms with Crippen LogP contribution in [-0.2, 0) is 14.8 Å². The van der Waals surface area contributed by atoms with E-state index in [0.29, 0.717) is 25.6 Å². The van der Waals surface area contributed by atoms with Gasteiger partial charge in [-0.15, -0.1) is 12.4 Å². The molecule has 0 bridgehead atoms. The molecular weight excluding hydrogens is 338 g/mol. The first-order valence-corrected chi connectivity index (χ1v) is 9.98. The van der Waals surface area contributed by atoms with Crippen molar-refractivity contribution in [2.24, 2.45) is 17.6 Å². The number of halogens is 1. The summed E-state index contributed by atoms with van der Waals surface area (Å²) in [6, 6.07) is 0.106. The van der Waals surface area contributed by atoms with Crippen molar-refractivity contribution >= 4 is 28.3 Å². The molecule has 23 heavy (non-hydrogen) atoms. The number of nitrogens with two attached hydrogens (primary N) is 1. The first-order chi connectivity index (χ1) is 10.4. The van der Waals surface area contributed by atoms with Gasteiger partial charge in [-0.2, -0.15) is 0 Å². The van der Waals surface area contributed by atoms with Crippen LogP contribution in [0, 0.1) is 11.8 Å². The van der Waals surface area contributed by atoms with E-state index in [4.69, 9.17) is 5.73 Å². The average molecular weight is 368 g/mol. The van der Waals surface area contributed by atoms with Gasteiger partial charge < -0.3 is 10.6 Å². The van der Waals surface area contributed by atoms with Crippen molar-refractivity contribution in [1.82, 2.24) is 9.21 Å². The Morgan fingerprint density at radius 2 is 1.96 bits per heavy atom. The maximum atomic E-state index is 12.8. The molecule has 0 aromatic carbocycles. The number of likely N-dealkylation sites (tertiary alicyclic amines) is 1. The molecule has 2 aliphatic heterocycles. The predicted molar refractivity (Wildman–Crippen MR) is 94.0 cm³/mol. The van der Waals surface area contributed by atoms with Gasteiger partial charge in [0.05, 0.1) is 11.7 Å². The van der Waals surface area contributed by atoms with Gasteiger partial charge in [-0.05, 0) is 38.5 Å². The lowest BCUT2D eigenvalue weighted by Gasteiger charge is -2.41. The average Bonchev–Trinajstić information content (AvgIpc) is 2.54. The zero-order valence-corrected chi connectivity index (χ0v) is 15.7. The molecule has 6 nitrogen and oxygen atoms in total. The Morgan fingerprint density at radius 1 is 1.26 bits per heavy atom. The highest BCUT2D eigenvalue weighted by molar-refractivity contribution is 7.89. The molecule has 0 spiro atoms. The van der Waals surface area contributed by atoms with E-state index in [1.54, 1.807) is 6.92 Å². The lowest BCUT2D eigenvalue weighted by molar-refractivity contribution is -0.140. The van der Waals surface area contributed by atoms with Gasteiger partial charge in [0.15, 0.2) is 0 Å². The Hall–Kier alpha value is -0.370. The molecule has 3 unspecified atom stereocenters. The molecule has 8 heteroatoms. The minimum atomic E-state index is -3.21. The Labute approximate surface area is 146 Å². The fraction of sp³-hybridized carbons (Fsp3) is 0.933. The molecule has 136 valence electrons. The Morgan fingerprint density at radius 3 is 2.57 bits per heavy atom. The van der Waals surface area contributed by atoms with Crippen LogP contribution in [-0.4, -0.2) is 61.5 Å². The van der Waals surface area contributed by atoms with E-state index in [2.05, 4.69) is 6.92 Å². The number of hydrogen-bond acceptors (Lipinski definition) is 4. The van der Waals surface area contributed by atoms with E-state index < -0.39 is 10.0 Å². The summed E-state index contributed by atoms with van der Waals surface area (Å²) in [6.45, 7) is 5.95. The molecule has 0 aromatic rings. The third kappa shape index (κ3) is 4.81. The summed E-state index contributed by atoms with van der Waals surface area (Å²) >= 11 is 0. The monoisotopic (exact) mass is 367 g/mol. The van der Waals surface area contributed by atoms with Gasteiger partial charge in [0.2, 0.25) is 15.9 Å². The number of nitrogens with zero attached hydrogens (tertiary/aromatic N) is 2. The van der Waals surface area contributed by atoms with E-state index in [9.17, 15) is 13.2 Å². The predicted octanol–water partition coefficient (Wildman–Crippen LogP) is 1.06. The van der Waals surface area contributed by atoms with Crippen LogP contribution in [0.2, 0.25) is 0 Å². The quantitative estimate of drug-likeness (QED) is 0.805. The van der Waals surface area contributed by atoms with Gasteiger partial charge in [0.1, 0.15) is 0 Å². The van der Waals surface area contributed by atoms with Crippen LogP contribution in [0.5, 0.6) is 0 Å². The second-order valence-electron chi connectivity index (χ2n) is 6.65. The number of hydrogen-bond donors (Lipinski definition) is 1. The third-order valence-electron chi connectivity index (χ3n) is 5.02. The molecule has 0 radical (unpaired) electrons. The fourth-order valence-electron chi connectivity index (χ4n) is 3.58. The summed E-state index contributed by atoms with van der Waals surface area (Å²) in [5.74, 6) is 0.581. The largest absolute Gasteiger partial charge is 0.338 e. The summed E-state index contributed by atoms with van der Waals surface area (Å²) in [7, 11) is -3.21. The van der Waals surface area contributed by atoms with Crippen molar-refractivity contribution in [3.63, 3.8) is 0 Å². The second kappa shape index (κ2) is 8.65. The van der Waals surface area contributed by atoms with Crippen molar-refractivity contribution < 1.29 is 13.2 Å². The van der Waals surface area contributed by atoms with Gasteiger partial charge in [-0.25, -0.2) is 12.7 Å². The SMILES string of the molecule is CCS(=O)(=O)N1CCCC(C(=O)N2CCC(C)CC2CN)C1.Cl. The van der Waals surface area contributed by atoms with Crippen molar-refractivity contribution in [3.05, 3.63) is 0 Å². The number of piperidine rings is 2. The molecule has 2 saturated heterocycles. The number of amides is 1. The van der Waals surface area contributed by atoms with Crippen LogP contribution < -0.4 is 5.73 Å². The third-order valence-corrected chi connectivity index (χ3v) is 6.87. The van der Waals surface area contributed by atoms with Gasteiger partial charge in [-0.1, -0.05) is 6.92 Å².